The molecule has 0 aliphatic heterocycles. The van der Waals surface area contributed by atoms with Gasteiger partial charge in [-0.3, -0.25) is 4.68 Å². The van der Waals surface area contributed by atoms with Crippen LogP contribution >= 0.6 is 0 Å². The zero-order valence-corrected chi connectivity index (χ0v) is 11.4. The first-order valence-electron chi connectivity index (χ1n) is 6.25. The summed E-state index contributed by atoms with van der Waals surface area (Å²) in [5.74, 6) is -1.18. The fourth-order valence-corrected chi connectivity index (χ4v) is 1.80. The summed E-state index contributed by atoms with van der Waals surface area (Å²) in [6.45, 7) is 2.06. The fraction of sp³-hybridized carbons (Fsp3) is 0.286. The van der Waals surface area contributed by atoms with Crippen LogP contribution in [0.5, 0.6) is 0 Å². The summed E-state index contributed by atoms with van der Waals surface area (Å²) in [7, 11) is 1.78. The van der Waals surface area contributed by atoms with Crippen LogP contribution in [-0.2, 0) is 24.8 Å². The summed E-state index contributed by atoms with van der Waals surface area (Å²) in [5, 5.41) is 4.25. The molecule has 0 saturated carbocycles. The molecule has 0 saturated heterocycles. The molecule has 2 aromatic rings. The minimum absolute atomic E-state index is 0.0304. The van der Waals surface area contributed by atoms with E-state index in [9.17, 15) is 9.18 Å². The number of carbonyl (C=O) groups excluding carboxylic acids is 1. The lowest BCUT2D eigenvalue weighted by Gasteiger charge is -2.07. The van der Waals surface area contributed by atoms with Crippen molar-refractivity contribution in [2.24, 2.45) is 7.05 Å². The molecule has 0 radical (unpaired) electrons. The highest BCUT2D eigenvalue weighted by Gasteiger charge is 2.14. The Morgan fingerprint density at radius 3 is 2.85 bits per heavy atom. The number of aryl methyl sites for hydroxylation is 2. The zero-order valence-electron chi connectivity index (χ0n) is 11.4. The highest BCUT2D eigenvalue weighted by atomic mass is 19.1. The molecule has 106 valence electrons. The Balaban J connectivity index is 2.08. The third-order valence-corrected chi connectivity index (χ3v) is 2.98. The van der Waals surface area contributed by atoms with Crippen molar-refractivity contribution < 1.29 is 13.9 Å². The molecule has 0 aliphatic carbocycles. The second-order valence-corrected chi connectivity index (χ2v) is 4.41. The lowest BCUT2D eigenvalue weighted by atomic mass is 10.2. The number of nitrogens with two attached hydrogens (primary N) is 1. The van der Waals surface area contributed by atoms with Gasteiger partial charge in [0.2, 0.25) is 0 Å². The number of benzene rings is 1. The molecule has 0 atom stereocenters. The van der Waals surface area contributed by atoms with Gasteiger partial charge in [0.1, 0.15) is 12.4 Å². The van der Waals surface area contributed by atoms with Gasteiger partial charge in [-0.25, -0.2) is 9.18 Å². The van der Waals surface area contributed by atoms with Gasteiger partial charge in [0.05, 0.1) is 17.0 Å². The molecule has 2 N–H and O–H groups in total. The summed E-state index contributed by atoms with van der Waals surface area (Å²) < 4.78 is 19.9. The first-order valence-corrected chi connectivity index (χ1v) is 6.25. The first kappa shape index (κ1) is 14.0. The molecule has 0 fully saturated rings. The smallest absolute Gasteiger partial charge is 0.340 e. The highest BCUT2D eigenvalue weighted by molar-refractivity contribution is 5.94. The third-order valence-electron chi connectivity index (χ3n) is 2.98. The predicted octanol–water partition coefficient (Wildman–Crippen LogP) is 2.06. The third kappa shape index (κ3) is 2.96. The van der Waals surface area contributed by atoms with Gasteiger partial charge in [-0.1, -0.05) is 6.92 Å². The van der Waals surface area contributed by atoms with E-state index in [4.69, 9.17) is 10.5 Å². The Morgan fingerprint density at radius 1 is 1.45 bits per heavy atom. The quantitative estimate of drug-likeness (QED) is 0.686. The number of carbonyl (C=O) groups is 1. The number of esters is 1. The zero-order chi connectivity index (χ0) is 14.7. The summed E-state index contributed by atoms with van der Waals surface area (Å²) in [6.07, 6.45) is 0.804. The number of hydrogen-bond donors (Lipinski definition) is 1. The van der Waals surface area contributed by atoms with E-state index < -0.39 is 11.8 Å². The van der Waals surface area contributed by atoms with Gasteiger partial charge in [-0.15, -0.1) is 0 Å². The van der Waals surface area contributed by atoms with E-state index in [0.29, 0.717) is 0 Å². The number of rotatable bonds is 4. The van der Waals surface area contributed by atoms with Crippen LogP contribution in [0, 0.1) is 5.82 Å². The molecule has 0 unspecified atom stereocenters. The van der Waals surface area contributed by atoms with E-state index in [0.717, 1.165) is 23.9 Å². The second-order valence-electron chi connectivity index (χ2n) is 4.41. The van der Waals surface area contributed by atoms with E-state index in [-0.39, 0.29) is 17.9 Å². The minimum atomic E-state index is -0.652. The van der Waals surface area contributed by atoms with Gasteiger partial charge in [0.25, 0.3) is 0 Å². The van der Waals surface area contributed by atoms with Crippen molar-refractivity contribution >= 4 is 11.7 Å². The van der Waals surface area contributed by atoms with Crippen LogP contribution < -0.4 is 5.73 Å². The number of anilines is 1. The van der Waals surface area contributed by atoms with Crippen molar-refractivity contribution in [2.45, 2.75) is 20.0 Å². The van der Waals surface area contributed by atoms with Crippen LogP contribution in [0.1, 0.15) is 28.7 Å². The van der Waals surface area contributed by atoms with Gasteiger partial charge in [-0.2, -0.15) is 5.10 Å². The predicted molar refractivity (Wildman–Crippen MR) is 72.5 cm³/mol. The van der Waals surface area contributed by atoms with E-state index in [1.54, 1.807) is 11.7 Å². The van der Waals surface area contributed by atoms with Crippen molar-refractivity contribution in [3.8, 4) is 0 Å². The van der Waals surface area contributed by atoms with E-state index >= 15 is 0 Å². The van der Waals surface area contributed by atoms with Crippen molar-refractivity contribution in [2.75, 3.05) is 5.73 Å². The van der Waals surface area contributed by atoms with Crippen LogP contribution in [0.25, 0.3) is 0 Å². The number of ether oxygens (including phenoxy) is 1. The average Bonchev–Trinajstić information content (AvgIpc) is 2.79. The van der Waals surface area contributed by atoms with Gasteiger partial charge < -0.3 is 10.5 Å². The molecular weight excluding hydrogens is 261 g/mol. The van der Waals surface area contributed by atoms with Gasteiger partial charge in [0, 0.05) is 12.7 Å². The monoisotopic (exact) mass is 277 g/mol. The van der Waals surface area contributed by atoms with E-state index in [2.05, 4.69) is 5.10 Å². The number of nitrogen functional groups attached to an aromatic ring is 1. The minimum Gasteiger partial charge on any atom is -0.456 e. The van der Waals surface area contributed by atoms with Crippen molar-refractivity contribution in [1.82, 2.24) is 9.78 Å². The number of hydrogen-bond acceptors (Lipinski definition) is 4. The van der Waals surface area contributed by atoms with Gasteiger partial charge in [0.15, 0.2) is 0 Å². The molecule has 1 aromatic heterocycles. The maximum absolute atomic E-state index is 13.1. The molecular formula is C14H16FN3O2. The second kappa shape index (κ2) is 5.73. The Morgan fingerprint density at radius 2 is 2.20 bits per heavy atom. The maximum atomic E-state index is 13.1. The SMILES string of the molecule is CCc1cc(COC(=O)c2cc(F)ccc2N)n(C)n1. The maximum Gasteiger partial charge on any atom is 0.340 e. The molecule has 5 nitrogen and oxygen atoms in total. The van der Waals surface area contributed by atoms with E-state index in [1.165, 1.54) is 12.1 Å². The Kier molecular flexibility index (Phi) is 4.02. The van der Waals surface area contributed by atoms with Gasteiger partial charge >= 0.3 is 5.97 Å². The molecule has 0 amide bonds. The van der Waals surface area contributed by atoms with Crippen LogP contribution in [0.3, 0.4) is 0 Å². The lowest BCUT2D eigenvalue weighted by Crippen LogP contribution is -2.10. The largest absolute Gasteiger partial charge is 0.456 e. The van der Waals surface area contributed by atoms with Crippen LogP contribution in [0.2, 0.25) is 0 Å². The molecule has 1 aromatic carbocycles. The molecule has 0 spiro atoms. The lowest BCUT2D eigenvalue weighted by molar-refractivity contribution is 0.0464. The normalized spacial score (nSPS) is 10.6. The summed E-state index contributed by atoms with van der Waals surface area (Å²) in [5.41, 5.74) is 7.54. The molecule has 2 rings (SSSR count). The molecule has 20 heavy (non-hydrogen) atoms. The summed E-state index contributed by atoms with van der Waals surface area (Å²) in [4.78, 5) is 11.9. The number of halogens is 1. The van der Waals surface area contributed by atoms with Crippen LogP contribution in [0.15, 0.2) is 24.3 Å². The van der Waals surface area contributed by atoms with E-state index in [1.807, 2.05) is 13.0 Å². The molecule has 1 heterocycles. The van der Waals surface area contributed by atoms with Crippen molar-refractivity contribution in [3.05, 3.63) is 47.0 Å². The Labute approximate surface area is 116 Å². The van der Waals surface area contributed by atoms with Crippen LogP contribution in [-0.4, -0.2) is 15.7 Å². The number of nitrogens with zero attached hydrogens (tertiary/aromatic N) is 2. The standard InChI is InChI=1S/C14H16FN3O2/c1-3-10-7-11(18(2)17-10)8-20-14(19)12-6-9(15)4-5-13(12)16/h4-7H,3,8,16H2,1-2H3. The molecule has 0 bridgehead atoms. The summed E-state index contributed by atoms with van der Waals surface area (Å²) in [6, 6.07) is 5.46. The summed E-state index contributed by atoms with van der Waals surface area (Å²) >= 11 is 0. The van der Waals surface area contributed by atoms with Crippen LogP contribution in [0.4, 0.5) is 10.1 Å². The molecule has 0 aliphatic rings. The molecule has 6 heteroatoms. The van der Waals surface area contributed by atoms with Crippen molar-refractivity contribution in [3.63, 3.8) is 0 Å². The number of aromatic nitrogens is 2. The Bertz CT molecular complexity index is 637. The topological polar surface area (TPSA) is 70.1 Å². The van der Waals surface area contributed by atoms with Gasteiger partial charge in [-0.05, 0) is 30.7 Å². The highest BCUT2D eigenvalue weighted by Crippen LogP contribution is 2.15. The fourth-order valence-electron chi connectivity index (χ4n) is 1.80. The first-order chi connectivity index (χ1) is 9.51. The Hall–Kier alpha value is -2.37. The average molecular weight is 277 g/mol. The van der Waals surface area contributed by atoms with Crippen molar-refractivity contribution in [1.29, 1.82) is 0 Å².